The molecule has 0 saturated heterocycles. The van der Waals surface area contributed by atoms with Crippen molar-refractivity contribution < 1.29 is 9.47 Å². The maximum atomic E-state index is 13.3. The lowest BCUT2D eigenvalue weighted by atomic mass is 10.1. The van der Waals surface area contributed by atoms with Gasteiger partial charge in [0, 0.05) is 25.0 Å². The van der Waals surface area contributed by atoms with Gasteiger partial charge < -0.3 is 14.0 Å². The minimum Gasteiger partial charge on any atom is -0.493 e. The number of aromatic nitrogens is 5. The van der Waals surface area contributed by atoms with Gasteiger partial charge in [0.15, 0.2) is 22.7 Å². The number of aryl methyl sites for hydroxylation is 4. The molecule has 3 aromatic heterocycles. The number of fused-ring (bicyclic) bond motifs is 3. The Balaban J connectivity index is 1.85. The summed E-state index contributed by atoms with van der Waals surface area (Å²) in [6.45, 7) is 10.4. The van der Waals surface area contributed by atoms with Crippen LogP contribution in [0.25, 0.3) is 16.9 Å². The predicted octanol–water partition coefficient (Wildman–Crippen LogP) is 2.60. The van der Waals surface area contributed by atoms with E-state index in [9.17, 15) is 9.59 Å². The molecular weight excluding hydrogens is 422 g/mol. The van der Waals surface area contributed by atoms with Crippen LogP contribution in [0.5, 0.6) is 11.5 Å². The second-order valence-electron chi connectivity index (χ2n) is 8.37. The highest BCUT2D eigenvalue weighted by Crippen LogP contribution is 2.28. The first-order valence-corrected chi connectivity index (χ1v) is 10.7. The van der Waals surface area contributed by atoms with Crippen LogP contribution >= 0.6 is 0 Å². The number of rotatable bonds is 7. The average Bonchev–Trinajstić information content (AvgIpc) is 3.29. The van der Waals surface area contributed by atoms with Crippen molar-refractivity contribution in [2.45, 2.75) is 40.3 Å². The summed E-state index contributed by atoms with van der Waals surface area (Å²) in [7, 11) is 4.87. The molecular formula is C24H29N5O4. The Labute approximate surface area is 191 Å². The molecule has 1 aromatic carbocycles. The lowest BCUT2D eigenvalue weighted by Gasteiger charge is -2.11. The van der Waals surface area contributed by atoms with Crippen LogP contribution in [0.3, 0.4) is 0 Å². The SMILES string of the molecule is C=C(C)Cn1c(=O)c2c(nc3n(CCc4ccc(OC)c(OC)c4)c(C)c(C)n23)n(C)c1=O. The van der Waals surface area contributed by atoms with E-state index in [4.69, 9.17) is 14.5 Å². The summed E-state index contributed by atoms with van der Waals surface area (Å²) >= 11 is 0. The normalized spacial score (nSPS) is 11.5. The summed E-state index contributed by atoms with van der Waals surface area (Å²) in [5, 5.41) is 0. The first-order valence-electron chi connectivity index (χ1n) is 10.7. The van der Waals surface area contributed by atoms with Crippen LogP contribution in [-0.2, 0) is 26.6 Å². The third-order valence-corrected chi connectivity index (χ3v) is 6.13. The van der Waals surface area contributed by atoms with Gasteiger partial charge in [-0.25, -0.2) is 4.79 Å². The maximum Gasteiger partial charge on any atom is 0.332 e. The quantitative estimate of drug-likeness (QED) is 0.403. The molecule has 0 aliphatic rings. The van der Waals surface area contributed by atoms with Crippen molar-refractivity contribution in [1.29, 1.82) is 0 Å². The molecule has 4 aromatic rings. The molecule has 0 aliphatic carbocycles. The highest BCUT2D eigenvalue weighted by atomic mass is 16.5. The van der Waals surface area contributed by atoms with Gasteiger partial charge in [0.05, 0.1) is 20.8 Å². The summed E-state index contributed by atoms with van der Waals surface area (Å²) in [5.74, 6) is 2.00. The first-order chi connectivity index (χ1) is 15.7. The molecule has 9 heteroatoms. The van der Waals surface area contributed by atoms with Gasteiger partial charge in [0.1, 0.15) is 0 Å². The van der Waals surface area contributed by atoms with Gasteiger partial charge in [-0.1, -0.05) is 18.2 Å². The first kappa shape index (κ1) is 22.4. The maximum absolute atomic E-state index is 13.3. The van der Waals surface area contributed by atoms with Crippen LogP contribution < -0.4 is 20.7 Å². The van der Waals surface area contributed by atoms with Crippen LogP contribution in [0, 0.1) is 13.8 Å². The molecule has 0 aliphatic heterocycles. The van der Waals surface area contributed by atoms with Crippen molar-refractivity contribution in [1.82, 2.24) is 23.1 Å². The predicted molar refractivity (Wildman–Crippen MR) is 128 cm³/mol. The molecule has 4 rings (SSSR count). The zero-order chi connectivity index (χ0) is 24.0. The van der Waals surface area contributed by atoms with Crippen molar-refractivity contribution in [2.24, 2.45) is 7.05 Å². The number of imidazole rings is 2. The second-order valence-corrected chi connectivity index (χ2v) is 8.37. The molecule has 0 atom stereocenters. The third kappa shape index (κ3) is 3.53. The highest BCUT2D eigenvalue weighted by Gasteiger charge is 2.22. The Bertz CT molecular complexity index is 1520. The van der Waals surface area contributed by atoms with E-state index in [-0.39, 0.29) is 12.1 Å². The summed E-state index contributed by atoms with van der Waals surface area (Å²) in [4.78, 5) is 30.8. The number of hydrogen-bond acceptors (Lipinski definition) is 5. The van der Waals surface area contributed by atoms with Crippen LogP contribution in [0.15, 0.2) is 39.9 Å². The van der Waals surface area contributed by atoms with Gasteiger partial charge in [-0.15, -0.1) is 0 Å². The second kappa shape index (κ2) is 8.31. The minimum absolute atomic E-state index is 0.173. The van der Waals surface area contributed by atoms with Gasteiger partial charge >= 0.3 is 5.69 Å². The number of methoxy groups -OCH3 is 2. The Hall–Kier alpha value is -3.75. The van der Waals surface area contributed by atoms with Crippen LogP contribution in [-0.4, -0.2) is 37.3 Å². The van der Waals surface area contributed by atoms with Crippen molar-refractivity contribution in [3.63, 3.8) is 0 Å². The van der Waals surface area contributed by atoms with E-state index >= 15 is 0 Å². The van der Waals surface area contributed by atoms with Crippen LogP contribution in [0.1, 0.15) is 23.9 Å². The zero-order valence-electron chi connectivity index (χ0n) is 19.9. The van der Waals surface area contributed by atoms with Gasteiger partial charge in [-0.05, 0) is 44.9 Å². The lowest BCUT2D eigenvalue weighted by Crippen LogP contribution is -2.39. The number of benzene rings is 1. The molecule has 9 nitrogen and oxygen atoms in total. The van der Waals surface area contributed by atoms with Gasteiger partial charge in [-0.2, -0.15) is 4.98 Å². The van der Waals surface area contributed by atoms with Gasteiger partial charge in [-0.3, -0.25) is 18.3 Å². The van der Waals surface area contributed by atoms with Crippen molar-refractivity contribution in [2.75, 3.05) is 14.2 Å². The molecule has 0 unspecified atom stereocenters. The molecule has 0 amide bonds. The fraction of sp³-hybridized carbons (Fsp3) is 0.375. The Morgan fingerprint density at radius 3 is 2.39 bits per heavy atom. The fourth-order valence-corrected chi connectivity index (χ4v) is 4.27. The molecule has 0 spiro atoms. The van der Waals surface area contributed by atoms with Crippen LogP contribution in [0.4, 0.5) is 0 Å². The molecule has 3 heterocycles. The van der Waals surface area contributed by atoms with Gasteiger partial charge in [0.2, 0.25) is 5.78 Å². The Morgan fingerprint density at radius 1 is 1.06 bits per heavy atom. The number of nitrogens with zero attached hydrogens (tertiary/aromatic N) is 5. The largest absolute Gasteiger partial charge is 0.493 e. The molecule has 0 N–H and O–H groups in total. The Kier molecular flexibility index (Phi) is 5.65. The van der Waals surface area contributed by atoms with E-state index in [0.29, 0.717) is 35.0 Å². The number of ether oxygens (including phenoxy) is 2. The number of hydrogen-bond donors (Lipinski definition) is 0. The topological polar surface area (TPSA) is 84.7 Å². The van der Waals surface area contributed by atoms with Crippen molar-refractivity contribution in [3.05, 3.63) is 68.1 Å². The monoisotopic (exact) mass is 451 g/mol. The van der Waals surface area contributed by atoms with Crippen molar-refractivity contribution in [3.8, 4) is 11.5 Å². The third-order valence-electron chi connectivity index (χ3n) is 6.13. The standard InChI is InChI=1S/C24H29N5O4/c1-14(2)13-28-22(30)20-21(26(5)24(28)31)25-23-27(15(3)16(4)29(20)23)11-10-17-8-9-18(32-6)19(12-17)33-7/h8-9,12H,1,10-11,13H2,2-7H3. The average molecular weight is 452 g/mol. The molecule has 33 heavy (non-hydrogen) atoms. The molecule has 174 valence electrons. The molecule has 0 radical (unpaired) electrons. The fourth-order valence-electron chi connectivity index (χ4n) is 4.27. The summed E-state index contributed by atoms with van der Waals surface area (Å²) in [5.41, 5.74) is 3.77. The van der Waals surface area contributed by atoms with Crippen molar-refractivity contribution >= 4 is 16.9 Å². The minimum atomic E-state index is -0.400. The van der Waals surface area contributed by atoms with Crippen LogP contribution in [0.2, 0.25) is 0 Å². The smallest absolute Gasteiger partial charge is 0.332 e. The van der Waals surface area contributed by atoms with Gasteiger partial charge in [0.25, 0.3) is 5.56 Å². The highest BCUT2D eigenvalue weighted by molar-refractivity contribution is 5.76. The van der Waals surface area contributed by atoms with E-state index in [2.05, 4.69) is 11.1 Å². The Morgan fingerprint density at radius 2 is 1.76 bits per heavy atom. The zero-order valence-corrected chi connectivity index (χ0v) is 19.9. The lowest BCUT2D eigenvalue weighted by molar-refractivity contribution is 0.354. The van der Waals surface area contributed by atoms with E-state index in [1.165, 1.54) is 9.13 Å². The van der Waals surface area contributed by atoms with E-state index in [1.807, 2.05) is 36.4 Å². The van der Waals surface area contributed by atoms with E-state index in [0.717, 1.165) is 28.9 Å². The summed E-state index contributed by atoms with van der Waals surface area (Å²) < 4.78 is 17.3. The summed E-state index contributed by atoms with van der Waals surface area (Å²) in [6, 6.07) is 5.86. The van der Waals surface area contributed by atoms with E-state index in [1.54, 1.807) is 28.2 Å². The molecule has 0 saturated carbocycles. The van der Waals surface area contributed by atoms with E-state index < -0.39 is 5.69 Å². The molecule has 0 bridgehead atoms. The molecule has 0 fully saturated rings. The number of allylic oxidation sites excluding steroid dienone is 1. The summed E-state index contributed by atoms with van der Waals surface area (Å²) in [6.07, 6.45) is 0.729.